The van der Waals surface area contributed by atoms with E-state index in [-0.39, 0.29) is 5.91 Å². The van der Waals surface area contributed by atoms with Crippen molar-refractivity contribution < 1.29 is 4.79 Å². The second-order valence-corrected chi connectivity index (χ2v) is 6.13. The van der Waals surface area contributed by atoms with E-state index in [2.05, 4.69) is 11.6 Å². The Kier molecular flexibility index (Phi) is 3.75. The van der Waals surface area contributed by atoms with Crippen LogP contribution in [0.2, 0.25) is 0 Å². The summed E-state index contributed by atoms with van der Waals surface area (Å²) in [5.41, 5.74) is -0.448. The minimum Gasteiger partial charge on any atom is -0.354 e. The molecule has 0 heterocycles. The molecule has 1 aliphatic rings. The molecule has 0 aromatic rings. The van der Waals surface area contributed by atoms with Crippen LogP contribution >= 0.6 is 23.4 Å². The number of rotatable bonds is 5. The molecule has 14 heavy (non-hydrogen) atoms. The Morgan fingerprint density at radius 2 is 2.14 bits per heavy atom. The highest BCUT2D eigenvalue weighted by Crippen LogP contribution is 2.46. The average Bonchev–Trinajstić information content (AvgIpc) is 2.95. The molecule has 0 spiro atoms. The van der Waals surface area contributed by atoms with Crippen molar-refractivity contribution >= 4 is 29.3 Å². The maximum absolute atomic E-state index is 11.7. The Labute approximate surface area is 95.2 Å². The SMILES string of the molecule is CSC1(CNC(=O)C(C)(C)CCl)CC1. The smallest absolute Gasteiger partial charge is 0.226 e. The van der Waals surface area contributed by atoms with E-state index >= 15 is 0 Å². The highest BCUT2D eigenvalue weighted by atomic mass is 35.5. The molecule has 1 saturated carbocycles. The summed E-state index contributed by atoms with van der Waals surface area (Å²) in [6, 6.07) is 0. The first-order chi connectivity index (χ1) is 6.46. The Morgan fingerprint density at radius 1 is 1.57 bits per heavy atom. The van der Waals surface area contributed by atoms with Gasteiger partial charge in [-0.05, 0) is 32.9 Å². The van der Waals surface area contributed by atoms with Crippen molar-refractivity contribution in [3.63, 3.8) is 0 Å². The summed E-state index contributed by atoms with van der Waals surface area (Å²) < 4.78 is 0.331. The molecule has 0 aromatic carbocycles. The molecule has 2 nitrogen and oxygen atoms in total. The van der Waals surface area contributed by atoms with Gasteiger partial charge in [0.15, 0.2) is 0 Å². The van der Waals surface area contributed by atoms with Gasteiger partial charge in [-0.1, -0.05) is 0 Å². The van der Waals surface area contributed by atoms with Gasteiger partial charge in [-0.25, -0.2) is 0 Å². The first kappa shape index (κ1) is 12.2. The Morgan fingerprint density at radius 3 is 2.50 bits per heavy atom. The van der Waals surface area contributed by atoms with Crippen molar-refractivity contribution in [2.75, 3.05) is 18.7 Å². The van der Waals surface area contributed by atoms with Gasteiger partial charge in [-0.2, -0.15) is 11.8 Å². The zero-order valence-electron chi connectivity index (χ0n) is 9.02. The monoisotopic (exact) mass is 235 g/mol. The molecular formula is C10H18ClNOS. The number of hydrogen-bond donors (Lipinski definition) is 1. The van der Waals surface area contributed by atoms with Crippen molar-refractivity contribution in [3.8, 4) is 0 Å². The first-order valence-electron chi connectivity index (χ1n) is 4.85. The number of alkyl halides is 1. The summed E-state index contributed by atoms with van der Waals surface area (Å²) in [7, 11) is 0. The largest absolute Gasteiger partial charge is 0.354 e. The van der Waals surface area contributed by atoms with E-state index in [1.807, 2.05) is 25.6 Å². The first-order valence-corrected chi connectivity index (χ1v) is 6.61. The number of carbonyl (C=O) groups is 1. The van der Waals surface area contributed by atoms with E-state index in [0.717, 1.165) is 6.54 Å². The lowest BCUT2D eigenvalue weighted by Gasteiger charge is -2.22. The van der Waals surface area contributed by atoms with Crippen molar-refractivity contribution in [2.45, 2.75) is 31.4 Å². The predicted octanol–water partition coefficient (Wildman–Crippen LogP) is 2.26. The highest BCUT2D eigenvalue weighted by Gasteiger charge is 2.42. The van der Waals surface area contributed by atoms with Gasteiger partial charge in [0.05, 0.1) is 5.41 Å². The molecular weight excluding hydrogens is 218 g/mol. The second kappa shape index (κ2) is 4.31. The molecule has 1 N–H and O–H groups in total. The molecule has 1 amide bonds. The summed E-state index contributed by atoms with van der Waals surface area (Å²) in [6.45, 7) is 4.52. The van der Waals surface area contributed by atoms with Gasteiger partial charge in [-0.3, -0.25) is 4.79 Å². The summed E-state index contributed by atoms with van der Waals surface area (Å²) in [6.07, 6.45) is 4.54. The summed E-state index contributed by atoms with van der Waals surface area (Å²) in [5, 5.41) is 2.98. The molecule has 0 saturated heterocycles. The summed E-state index contributed by atoms with van der Waals surface area (Å²) in [4.78, 5) is 11.7. The van der Waals surface area contributed by atoms with Gasteiger partial charge in [-0.15, -0.1) is 11.6 Å². The number of hydrogen-bond acceptors (Lipinski definition) is 2. The Hall–Kier alpha value is 0.110. The van der Waals surface area contributed by atoms with Crippen LogP contribution in [0.5, 0.6) is 0 Å². The summed E-state index contributed by atoms with van der Waals surface area (Å²) in [5.74, 6) is 0.429. The zero-order chi connectivity index (χ0) is 10.8. The van der Waals surface area contributed by atoms with Crippen LogP contribution in [0.3, 0.4) is 0 Å². The predicted molar refractivity (Wildman–Crippen MR) is 63.0 cm³/mol. The molecule has 0 bridgehead atoms. The number of thioether (sulfide) groups is 1. The van der Waals surface area contributed by atoms with Crippen LogP contribution in [-0.2, 0) is 4.79 Å². The van der Waals surface area contributed by atoms with Crippen molar-refractivity contribution in [1.29, 1.82) is 0 Å². The van der Waals surface area contributed by atoms with E-state index in [1.54, 1.807) is 0 Å². The minimum absolute atomic E-state index is 0.0628. The fourth-order valence-corrected chi connectivity index (χ4v) is 1.98. The van der Waals surface area contributed by atoms with Crippen molar-refractivity contribution in [1.82, 2.24) is 5.32 Å². The molecule has 82 valence electrons. The molecule has 0 atom stereocenters. The standard InChI is InChI=1S/C10H18ClNOS/c1-9(2,6-11)8(13)12-7-10(14-3)4-5-10/h4-7H2,1-3H3,(H,12,13). The molecule has 0 aromatic heterocycles. The van der Waals surface area contributed by atoms with Crippen LogP contribution in [0.15, 0.2) is 0 Å². The van der Waals surface area contributed by atoms with Crippen LogP contribution < -0.4 is 5.32 Å². The fourth-order valence-electron chi connectivity index (χ4n) is 1.13. The van der Waals surface area contributed by atoms with Gasteiger partial charge in [0, 0.05) is 17.2 Å². The fraction of sp³-hybridized carbons (Fsp3) is 0.900. The van der Waals surface area contributed by atoms with E-state index in [4.69, 9.17) is 11.6 Å². The quantitative estimate of drug-likeness (QED) is 0.741. The molecule has 0 radical (unpaired) electrons. The molecule has 0 unspecified atom stereocenters. The second-order valence-electron chi connectivity index (χ2n) is 4.59. The topological polar surface area (TPSA) is 29.1 Å². The van der Waals surface area contributed by atoms with E-state index < -0.39 is 5.41 Å². The van der Waals surface area contributed by atoms with Crippen LogP contribution in [0.1, 0.15) is 26.7 Å². The van der Waals surface area contributed by atoms with Crippen LogP contribution in [0.25, 0.3) is 0 Å². The zero-order valence-corrected chi connectivity index (χ0v) is 10.6. The third kappa shape index (κ3) is 2.80. The number of amides is 1. The van der Waals surface area contributed by atoms with Crippen LogP contribution in [0, 0.1) is 5.41 Å². The normalized spacial score (nSPS) is 19.1. The Bertz CT molecular complexity index is 226. The van der Waals surface area contributed by atoms with Crippen molar-refractivity contribution in [2.24, 2.45) is 5.41 Å². The van der Waals surface area contributed by atoms with E-state index in [9.17, 15) is 4.79 Å². The molecule has 1 rings (SSSR count). The lowest BCUT2D eigenvalue weighted by molar-refractivity contribution is -0.128. The van der Waals surface area contributed by atoms with E-state index in [1.165, 1.54) is 12.8 Å². The van der Waals surface area contributed by atoms with Gasteiger partial charge >= 0.3 is 0 Å². The van der Waals surface area contributed by atoms with Gasteiger partial charge in [0.2, 0.25) is 5.91 Å². The molecule has 1 fully saturated rings. The van der Waals surface area contributed by atoms with E-state index in [0.29, 0.717) is 10.6 Å². The molecule has 4 heteroatoms. The minimum atomic E-state index is -0.448. The molecule has 0 aliphatic heterocycles. The van der Waals surface area contributed by atoms with Crippen molar-refractivity contribution in [3.05, 3.63) is 0 Å². The molecule has 1 aliphatic carbocycles. The van der Waals surface area contributed by atoms with Gasteiger partial charge in [0.1, 0.15) is 0 Å². The average molecular weight is 236 g/mol. The summed E-state index contributed by atoms with van der Waals surface area (Å²) >= 11 is 7.57. The third-order valence-electron chi connectivity index (χ3n) is 2.76. The van der Waals surface area contributed by atoms with Gasteiger partial charge in [0.25, 0.3) is 0 Å². The van der Waals surface area contributed by atoms with Gasteiger partial charge < -0.3 is 5.32 Å². The third-order valence-corrected chi connectivity index (χ3v) is 4.85. The number of nitrogens with one attached hydrogen (secondary N) is 1. The Balaban J connectivity index is 2.35. The maximum Gasteiger partial charge on any atom is 0.226 e. The number of carbonyl (C=O) groups excluding carboxylic acids is 1. The lowest BCUT2D eigenvalue weighted by atomic mass is 9.95. The highest BCUT2D eigenvalue weighted by molar-refractivity contribution is 8.00. The van der Waals surface area contributed by atoms with Crippen LogP contribution in [-0.4, -0.2) is 29.3 Å². The van der Waals surface area contributed by atoms with Crippen LogP contribution in [0.4, 0.5) is 0 Å². The number of halogens is 1. The lowest BCUT2D eigenvalue weighted by Crippen LogP contribution is -2.41. The maximum atomic E-state index is 11.7.